The summed E-state index contributed by atoms with van der Waals surface area (Å²) in [5, 5.41) is 10.6. The van der Waals surface area contributed by atoms with Crippen LogP contribution in [0.5, 0.6) is 0 Å². The van der Waals surface area contributed by atoms with E-state index < -0.39 is 18.8 Å². The van der Waals surface area contributed by atoms with E-state index >= 15 is 0 Å². The van der Waals surface area contributed by atoms with Gasteiger partial charge in [0.25, 0.3) is 0 Å². The van der Waals surface area contributed by atoms with Gasteiger partial charge in [-0.3, -0.25) is 9.59 Å². The van der Waals surface area contributed by atoms with Crippen molar-refractivity contribution in [2.45, 2.75) is 24.9 Å². The van der Waals surface area contributed by atoms with Crippen LogP contribution in [0.1, 0.15) is 19.3 Å². The minimum absolute atomic E-state index is 0.0685. The molecule has 1 atom stereocenters. The van der Waals surface area contributed by atoms with Gasteiger partial charge in [-0.05, 0) is 6.42 Å². The third-order valence-corrected chi connectivity index (χ3v) is 7.85. The number of benzene rings is 2. The summed E-state index contributed by atoms with van der Waals surface area (Å²) in [6.45, 7) is -0.266. The summed E-state index contributed by atoms with van der Waals surface area (Å²) in [5.41, 5.74) is -0.887. The fourth-order valence-electron chi connectivity index (χ4n) is 2.97. The fourth-order valence-corrected chi connectivity index (χ4v) is 6.23. The highest BCUT2D eigenvalue weighted by molar-refractivity contribution is 7.80. The van der Waals surface area contributed by atoms with Crippen LogP contribution in [-0.4, -0.2) is 36.2 Å². The van der Waals surface area contributed by atoms with Gasteiger partial charge in [0, 0.05) is 23.6 Å². The maximum atomic E-state index is 14.2. The molecule has 138 valence electrons. The van der Waals surface area contributed by atoms with Crippen molar-refractivity contribution in [1.29, 1.82) is 0 Å². The lowest BCUT2D eigenvalue weighted by Crippen LogP contribution is -2.33. The third-order valence-electron chi connectivity index (χ3n) is 4.30. The largest absolute Gasteiger partial charge is 0.469 e. The molecule has 0 bridgehead atoms. The third kappa shape index (κ3) is 4.48. The minimum atomic E-state index is -3.34. The second kappa shape index (κ2) is 9.46. The second-order valence-electron chi connectivity index (χ2n) is 5.90. The van der Waals surface area contributed by atoms with Crippen LogP contribution in [0.4, 0.5) is 0 Å². The zero-order valence-corrected chi connectivity index (χ0v) is 15.6. The van der Waals surface area contributed by atoms with Crippen molar-refractivity contribution < 1.29 is 24.0 Å². The van der Waals surface area contributed by atoms with Crippen LogP contribution in [0.2, 0.25) is 0 Å². The van der Waals surface area contributed by atoms with Gasteiger partial charge < -0.3 is 14.4 Å². The van der Waals surface area contributed by atoms with Gasteiger partial charge in [0.15, 0.2) is 7.14 Å². The summed E-state index contributed by atoms with van der Waals surface area (Å²) < 4.78 is 18.8. The van der Waals surface area contributed by atoms with E-state index in [1.807, 2.05) is 12.1 Å². The summed E-state index contributed by atoms with van der Waals surface area (Å²) in [6, 6.07) is 17.7. The number of ketones is 1. The topological polar surface area (TPSA) is 80.7 Å². The van der Waals surface area contributed by atoms with Gasteiger partial charge >= 0.3 is 5.97 Å². The highest BCUT2D eigenvalue weighted by Gasteiger charge is 2.40. The first-order valence-electron chi connectivity index (χ1n) is 8.45. The molecule has 6 heteroatoms. The van der Waals surface area contributed by atoms with E-state index in [-0.39, 0.29) is 31.7 Å². The number of ether oxygens (including phenoxy) is 1. The van der Waals surface area contributed by atoms with E-state index in [4.69, 9.17) is 0 Å². The molecular weight excluding hydrogens is 351 g/mol. The molecule has 2 aromatic carbocycles. The van der Waals surface area contributed by atoms with Crippen LogP contribution in [0, 0.1) is 0 Å². The van der Waals surface area contributed by atoms with Crippen molar-refractivity contribution >= 4 is 29.5 Å². The first-order valence-corrected chi connectivity index (χ1v) is 10.2. The zero-order chi connectivity index (χ0) is 19.0. The highest BCUT2D eigenvalue weighted by atomic mass is 31.2. The summed E-state index contributed by atoms with van der Waals surface area (Å²) >= 11 is 0. The van der Waals surface area contributed by atoms with E-state index in [0.29, 0.717) is 10.6 Å². The summed E-state index contributed by atoms with van der Waals surface area (Å²) in [5.74, 6) is -0.796. The quantitative estimate of drug-likeness (QED) is 0.538. The summed E-state index contributed by atoms with van der Waals surface area (Å²) in [7, 11) is -2.08. The molecule has 2 rings (SSSR count). The summed E-state index contributed by atoms with van der Waals surface area (Å²) in [6.07, 6.45) is -0.0666. The number of rotatable bonds is 9. The normalized spacial score (nSPS) is 12.4. The van der Waals surface area contributed by atoms with Crippen molar-refractivity contribution in [2.75, 3.05) is 13.7 Å². The molecule has 0 saturated heterocycles. The molecule has 0 saturated carbocycles. The van der Waals surface area contributed by atoms with Gasteiger partial charge in [-0.15, -0.1) is 0 Å². The Hall–Kier alpha value is -2.23. The number of hydrogen-bond acceptors (Lipinski definition) is 5. The molecule has 0 heterocycles. The Morgan fingerprint density at radius 3 is 1.88 bits per heavy atom. The number of methoxy groups -OCH3 is 1. The van der Waals surface area contributed by atoms with Crippen LogP contribution < -0.4 is 10.6 Å². The van der Waals surface area contributed by atoms with Crippen LogP contribution in [0.25, 0.3) is 0 Å². The van der Waals surface area contributed by atoms with Crippen molar-refractivity contribution in [1.82, 2.24) is 0 Å². The Bertz CT molecular complexity index is 730. The second-order valence-corrected chi connectivity index (χ2v) is 8.87. The van der Waals surface area contributed by atoms with E-state index in [9.17, 15) is 19.3 Å². The van der Waals surface area contributed by atoms with E-state index in [1.165, 1.54) is 7.11 Å². The van der Waals surface area contributed by atoms with Crippen LogP contribution in [-0.2, 0) is 18.9 Å². The lowest BCUT2D eigenvalue weighted by Gasteiger charge is -2.27. The van der Waals surface area contributed by atoms with Crippen LogP contribution in [0.3, 0.4) is 0 Å². The molecule has 0 radical (unpaired) electrons. The Morgan fingerprint density at radius 1 is 0.962 bits per heavy atom. The minimum Gasteiger partial charge on any atom is -0.469 e. The van der Waals surface area contributed by atoms with Gasteiger partial charge in [-0.2, -0.15) is 0 Å². The van der Waals surface area contributed by atoms with Gasteiger partial charge in [-0.1, -0.05) is 60.7 Å². The Balaban J connectivity index is 2.48. The Labute approximate surface area is 153 Å². The van der Waals surface area contributed by atoms with Gasteiger partial charge in [0.1, 0.15) is 5.78 Å². The van der Waals surface area contributed by atoms with E-state index in [1.54, 1.807) is 48.5 Å². The lowest BCUT2D eigenvalue weighted by molar-refractivity contribution is -0.141. The van der Waals surface area contributed by atoms with Gasteiger partial charge in [-0.25, -0.2) is 0 Å². The first kappa shape index (κ1) is 20.1. The number of aliphatic hydroxyl groups excluding tert-OH is 1. The van der Waals surface area contributed by atoms with Gasteiger partial charge in [0.05, 0.1) is 19.2 Å². The molecule has 0 amide bonds. The van der Waals surface area contributed by atoms with E-state index in [2.05, 4.69) is 4.74 Å². The predicted molar refractivity (Wildman–Crippen MR) is 102 cm³/mol. The average molecular weight is 374 g/mol. The van der Waals surface area contributed by atoms with Crippen LogP contribution >= 0.6 is 7.14 Å². The molecular formula is C20H23O5P. The first-order chi connectivity index (χ1) is 12.5. The number of carbonyl (C=O) groups is 2. The predicted octanol–water partition coefficient (Wildman–Crippen LogP) is 2.27. The lowest BCUT2D eigenvalue weighted by atomic mass is 10.1. The number of carbonyl (C=O) groups excluding carboxylic acids is 2. The maximum Gasteiger partial charge on any atom is 0.305 e. The molecule has 0 aliphatic rings. The molecule has 1 N–H and O–H groups in total. The molecule has 5 nitrogen and oxygen atoms in total. The van der Waals surface area contributed by atoms with Gasteiger partial charge in [0.2, 0.25) is 0 Å². The highest BCUT2D eigenvalue weighted by Crippen LogP contribution is 2.50. The number of aliphatic hydroxyl groups is 1. The Morgan fingerprint density at radius 2 is 1.46 bits per heavy atom. The number of Topliss-reactive ketones (excluding diaryl/α,β-unsaturated/α-hetero) is 1. The Kier molecular flexibility index (Phi) is 7.31. The zero-order valence-electron chi connectivity index (χ0n) is 14.7. The number of hydrogen-bond donors (Lipinski definition) is 1. The van der Waals surface area contributed by atoms with Crippen molar-refractivity contribution in [2.24, 2.45) is 0 Å². The average Bonchev–Trinajstić information content (AvgIpc) is 2.70. The molecule has 26 heavy (non-hydrogen) atoms. The molecule has 0 aromatic heterocycles. The maximum absolute atomic E-state index is 14.2. The smallest absolute Gasteiger partial charge is 0.305 e. The number of esters is 1. The van der Waals surface area contributed by atoms with Crippen molar-refractivity contribution in [3.63, 3.8) is 0 Å². The van der Waals surface area contributed by atoms with E-state index in [0.717, 1.165) is 0 Å². The molecule has 0 aliphatic carbocycles. The SMILES string of the molecule is COC(=O)CCC(=O)C(CCO)P(=O)(c1ccccc1)c1ccccc1. The monoisotopic (exact) mass is 374 g/mol. The molecule has 1 unspecified atom stereocenters. The molecule has 0 aliphatic heterocycles. The van der Waals surface area contributed by atoms with Crippen molar-refractivity contribution in [3.8, 4) is 0 Å². The fraction of sp³-hybridized carbons (Fsp3) is 0.300. The molecule has 2 aromatic rings. The van der Waals surface area contributed by atoms with Crippen molar-refractivity contribution in [3.05, 3.63) is 60.7 Å². The molecule has 0 spiro atoms. The summed E-state index contributed by atoms with van der Waals surface area (Å²) in [4.78, 5) is 24.2. The standard InChI is InChI=1S/C20H23O5P/c1-25-20(23)13-12-18(22)19(14-15-21)26(24,16-8-4-2-5-9-16)17-10-6-3-7-11-17/h2-11,19,21H,12-15H2,1H3. The molecule has 0 fully saturated rings. The van der Waals surface area contributed by atoms with Crippen LogP contribution in [0.15, 0.2) is 60.7 Å².